The SMILES string of the molecule is CNc1nc(C(=O)Nc2cncnc2)cc2ccccc12. The molecule has 0 saturated carbocycles. The van der Waals surface area contributed by atoms with Gasteiger partial charge in [0.15, 0.2) is 0 Å². The zero-order valence-corrected chi connectivity index (χ0v) is 11.4. The molecule has 0 aliphatic rings. The van der Waals surface area contributed by atoms with E-state index in [1.54, 1.807) is 13.1 Å². The normalized spacial score (nSPS) is 10.3. The van der Waals surface area contributed by atoms with Crippen molar-refractivity contribution in [2.75, 3.05) is 17.7 Å². The quantitative estimate of drug-likeness (QED) is 0.769. The molecule has 3 rings (SSSR count). The van der Waals surface area contributed by atoms with Crippen LogP contribution in [-0.2, 0) is 0 Å². The lowest BCUT2D eigenvalue weighted by Gasteiger charge is -2.09. The summed E-state index contributed by atoms with van der Waals surface area (Å²) in [5.41, 5.74) is 0.866. The van der Waals surface area contributed by atoms with Gasteiger partial charge in [0.2, 0.25) is 0 Å². The highest BCUT2D eigenvalue weighted by Crippen LogP contribution is 2.22. The van der Waals surface area contributed by atoms with Gasteiger partial charge in [-0.1, -0.05) is 24.3 Å². The highest BCUT2D eigenvalue weighted by atomic mass is 16.1. The molecule has 0 aliphatic heterocycles. The summed E-state index contributed by atoms with van der Waals surface area (Å²) in [7, 11) is 1.78. The minimum atomic E-state index is -0.299. The zero-order valence-electron chi connectivity index (χ0n) is 11.4. The Kier molecular flexibility index (Phi) is 3.42. The van der Waals surface area contributed by atoms with Gasteiger partial charge >= 0.3 is 0 Å². The van der Waals surface area contributed by atoms with Gasteiger partial charge in [0, 0.05) is 12.4 Å². The first-order chi connectivity index (χ1) is 10.3. The number of carbonyl (C=O) groups is 1. The third-order valence-electron chi connectivity index (χ3n) is 3.03. The average molecular weight is 279 g/mol. The Morgan fingerprint density at radius 1 is 1.14 bits per heavy atom. The second-order valence-electron chi connectivity index (χ2n) is 4.41. The van der Waals surface area contributed by atoms with E-state index >= 15 is 0 Å². The van der Waals surface area contributed by atoms with Crippen molar-refractivity contribution in [2.24, 2.45) is 0 Å². The zero-order chi connectivity index (χ0) is 14.7. The Labute approximate surface area is 121 Å². The Morgan fingerprint density at radius 2 is 1.90 bits per heavy atom. The molecule has 0 spiro atoms. The molecular formula is C15H13N5O. The van der Waals surface area contributed by atoms with Crippen molar-refractivity contribution < 1.29 is 4.79 Å². The topological polar surface area (TPSA) is 79.8 Å². The van der Waals surface area contributed by atoms with E-state index in [0.717, 1.165) is 10.8 Å². The number of hydrogen-bond donors (Lipinski definition) is 2. The van der Waals surface area contributed by atoms with E-state index < -0.39 is 0 Å². The Bertz CT molecular complexity index is 788. The van der Waals surface area contributed by atoms with Crippen LogP contribution in [0.2, 0.25) is 0 Å². The lowest BCUT2D eigenvalue weighted by Crippen LogP contribution is -2.14. The molecule has 2 heterocycles. The summed E-state index contributed by atoms with van der Waals surface area (Å²) in [4.78, 5) is 24.3. The molecule has 21 heavy (non-hydrogen) atoms. The lowest BCUT2D eigenvalue weighted by atomic mass is 10.1. The highest BCUT2D eigenvalue weighted by molar-refractivity contribution is 6.06. The largest absolute Gasteiger partial charge is 0.373 e. The highest BCUT2D eigenvalue weighted by Gasteiger charge is 2.12. The predicted octanol–water partition coefficient (Wildman–Crippen LogP) is 2.32. The monoisotopic (exact) mass is 279 g/mol. The number of amides is 1. The number of carbonyl (C=O) groups excluding carboxylic acids is 1. The number of aromatic nitrogens is 3. The van der Waals surface area contributed by atoms with Gasteiger partial charge in [-0.05, 0) is 11.5 Å². The van der Waals surface area contributed by atoms with Gasteiger partial charge in [0.25, 0.3) is 5.91 Å². The van der Waals surface area contributed by atoms with E-state index in [0.29, 0.717) is 17.2 Å². The summed E-state index contributed by atoms with van der Waals surface area (Å²) in [6.07, 6.45) is 4.47. The van der Waals surface area contributed by atoms with Crippen molar-refractivity contribution in [3.05, 3.63) is 54.7 Å². The summed E-state index contributed by atoms with van der Waals surface area (Å²) < 4.78 is 0. The average Bonchev–Trinajstić information content (AvgIpc) is 2.54. The van der Waals surface area contributed by atoms with E-state index in [4.69, 9.17) is 0 Å². The van der Waals surface area contributed by atoms with Crippen molar-refractivity contribution in [2.45, 2.75) is 0 Å². The van der Waals surface area contributed by atoms with Crippen LogP contribution in [0.1, 0.15) is 10.5 Å². The van der Waals surface area contributed by atoms with Crippen LogP contribution in [0.25, 0.3) is 10.8 Å². The lowest BCUT2D eigenvalue weighted by molar-refractivity contribution is 0.102. The number of benzene rings is 1. The molecule has 1 aromatic carbocycles. The number of rotatable bonds is 3. The first kappa shape index (κ1) is 13.0. The third kappa shape index (κ3) is 2.64. The number of nitrogens with zero attached hydrogens (tertiary/aromatic N) is 3. The van der Waals surface area contributed by atoms with Crippen molar-refractivity contribution in [1.82, 2.24) is 15.0 Å². The van der Waals surface area contributed by atoms with Crippen LogP contribution in [0.15, 0.2) is 49.1 Å². The van der Waals surface area contributed by atoms with Crippen LogP contribution < -0.4 is 10.6 Å². The molecule has 1 amide bonds. The first-order valence-corrected chi connectivity index (χ1v) is 6.42. The predicted molar refractivity (Wildman–Crippen MR) is 81.3 cm³/mol. The molecule has 0 fully saturated rings. The molecule has 2 aromatic heterocycles. The fraction of sp³-hybridized carbons (Fsp3) is 0.0667. The minimum absolute atomic E-state index is 0.299. The molecule has 6 heteroatoms. The van der Waals surface area contributed by atoms with Gasteiger partial charge in [-0.2, -0.15) is 0 Å². The van der Waals surface area contributed by atoms with Crippen molar-refractivity contribution >= 4 is 28.2 Å². The van der Waals surface area contributed by atoms with Crippen LogP contribution in [0.5, 0.6) is 0 Å². The summed E-state index contributed by atoms with van der Waals surface area (Å²) in [6.45, 7) is 0. The molecular weight excluding hydrogens is 266 g/mol. The van der Waals surface area contributed by atoms with Gasteiger partial charge in [-0.15, -0.1) is 0 Å². The minimum Gasteiger partial charge on any atom is -0.373 e. The van der Waals surface area contributed by atoms with Crippen LogP contribution in [0, 0.1) is 0 Å². The van der Waals surface area contributed by atoms with Crippen molar-refractivity contribution in [1.29, 1.82) is 0 Å². The number of nitrogens with one attached hydrogen (secondary N) is 2. The fourth-order valence-electron chi connectivity index (χ4n) is 2.06. The molecule has 0 bridgehead atoms. The van der Waals surface area contributed by atoms with Crippen LogP contribution >= 0.6 is 0 Å². The molecule has 0 radical (unpaired) electrons. The van der Waals surface area contributed by atoms with Gasteiger partial charge in [0.05, 0.1) is 18.1 Å². The number of fused-ring (bicyclic) bond motifs is 1. The number of pyridine rings is 1. The number of hydrogen-bond acceptors (Lipinski definition) is 5. The molecule has 0 atom stereocenters. The van der Waals surface area contributed by atoms with E-state index in [1.807, 2.05) is 24.3 Å². The summed E-state index contributed by atoms with van der Waals surface area (Å²) in [5.74, 6) is 0.370. The van der Waals surface area contributed by atoms with Crippen LogP contribution in [-0.4, -0.2) is 27.9 Å². The first-order valence-electron chi connectivity index (χ1n) is 6.42. The molecule has 2 N–H and O–H groups in total. The molecule has 104 valence electrons. The smallest absolute Gasteiger partial charge is 0.274 e. The maximum absolute atomic E-state index is 12.3. The molecule has 6 nitrogen and oxygen atoms in total. The Balaban J connectivity index is 1.98. The summed E-state index contributed by atoms with van der Waals surface area (Å²) >= 11 is 0. The Hall–Kier alpha value is -3.02. The number of anilines is 2. The fourth-order valence-corrected chi connectivity index (χ4v) is 2.06. The molecule has 0 unspecified atom stereocenters. The Morgan fingerprint density at radius 3 is 2.67 bits per heavy atom. The summed E-state index contributed by atoms with van der Waals surface area (Å²) in [5, 5.41) is 7.66. The third-order valence-corrected chi connectivity index (χ3v) is 3.03. The van der Waals surface area contributed by atoms with E-state index in [1.165, 1.54) is 18.7 Å². The second kappa shape index (κ2) is 5.54. The summed E-state index contributed by atoms with van der Waals surface area (Å²) in [6, 6.07) is 9.52. The molecule has 0 aliphatic carbocycles. The van der Waals surface area contributed by atoms with Gasteiger partial charge < -0.3 is 10.6 Å². The van der Waals surface area contributed by atoms with Crippen LogP contribution in [0.3, 0.4) is 0 Å². The van der Waals surface area contributed by atoms with Crippen molar-refractivity contribution in [3.8, 4) is 0 Å². The standard InChI is InChI=1S/C15H13N5O/c1-16-14-12-5-3-2-4-10(12)6-13(20-14)15(21)19-11-7-17-9-18-8-11/h2-9H,1H3,(H,16,20)(H,19,21). The maximum Gasteiger partial charge on any atom is 0.274 e. The van der Waals surface area contributed by atoms with Gasteiger partial charge in [-0.25, -0.2) is 15.0 Å². The van der Waals surface area contributed by atoms with Gasteiger partial charge in [-0.3, -0.25) is 4.79 Å². The second-order valence-corrected chi connectivity index (χ2v) is 4.41. The maximum atomic E-state index is 12.3. The van der Waals surface area contributed by atoms with Crippen LogP contribution in [0.4, 0.5) is 11.5 Å². The molecule has 3 aromatic rings. The van der Waals surface area contributed by atoms with Gasteiger partial charge in [0.1, 0.15) is 17.8 Å². The van der Waals surface area contributed by atoms with Crippen molar-refractivity contribution in [3.63, 3.8) is 0 Å². The molecule has 0 saturated heterocycles. The van der Waals surface area contributed by atoms with E-state index in [-0.39, 0.29) is 5.91 Å². The van der Waals surface area contributed by atoms with E-state index in [9.17, 15) is 4.79 Å². The van der Waals surface area contributed by atoms with E-state index in [2.05, 4.69) is 25.6 Å².